The maximum atomic E-state index is 13.3. The Balaban J connectivity index is 1.75. The summed E-state index contributed by atoms with van der Waals surface area (Å²) in [6.07, 6.45) is 3.07. The molecule has 3 rings (SSSR count). The van der Waals surface area contributed by atoms with Crippen molar-refractivity contribution in [3.8, 4) is 5.75 Å². The van der Waals surface area contributed by atoms with Crippen LogP contribution in [0.1, 0.15) is 11.1 Å². The van der Waals surface area contributed by atoms with Crippen molar-refractivity contribution in [1.82, 2.24) is 9.73 Å². The molecule has 11 heteroatoms. The van der Waals surface area contributed by atoms with Crippen LogP contribution in [0, 0.1) is 0 Å². The average Bonchev–Trinajstić information content (AvgIpc) is 2.85. The largest absolute Gasteiger partial charge is 0.490 e. The lowest BCUT2D eigenvalue weighted by molar-refractivity contribution is -0.121. The Morgan fingerprint density at radius 2 is 1.67 bits per heavy atom. The number of carbonyl (C=O) groups excluding carboxylic acids is 1. The number of amides is 1. The first-order chi connectivity index (χ1) is 17.2. The smallest absolute Gasteiger partial charge is 0.255 e. The predicted octanol–water partition coefficient (Wildman–Crippen LogP) is 5.55. The van der Waals surface area contributed by atoms with Gasteiger partial charge in [-0.15, -0.1) is 0 Å². The van der Waals surface area contributed by atoms with E-state index in [4.69, 9.17) is 39.5 Å². The topological polar surface area (TPSA) is 88.1 Å². The third-order valence-electron chi connectivity index (χ3n) is 4.78. The number of hydrogen-bond donors (Lipinski definition) is 1. The minimum Gasteiger partial charge on any atom is -0.490 e. The summed E-state index contributed by atoms with van der Waals surface area (Å²) in [5.41, 5.74) is 3.55. The zero-order valence-corrected chi connectivity index (χ0v) is 22.0. The van der Waals surface area contributed by atoms with Gasteiger partial charge in [0.05, 0.1) is 17.7 Å². The number of sulfonamides is 1. The number of rotatable bonds is 11. The van der Waals surface area contributed by atoms with Gasteiger partial charge in [-0.1, -0.05) is 53.5 Å². The molecule has 0 aromatic heterocycles. The molecule has 0 fully saturated rings. The molecule has 0 aliphatic carbocycles. The van der Waals surface area contributed by atoms with Gasteiger partial charge in [0.1, 0.15) is 12.4 Å². The van der Waals surface area contributed by atoms with E-state index in [1.165, 1.54) is 36.5 Å². The van der Waals surface area contributed by atoms with Crippen LogP contribution in [0.3, 0.4) is 0 Å². The summed E-state index contributed by atoms with van der Waals surface area (Å²) in [5, 5.41) is 4.99. The molecule has 1 N–H and O–H groups in total. The van der Waals surface area contributed by atoms with Crippen LogP contribution in [0.25, 0.3) is 0 Å². The summed E-state index contributed by atoms with van der Waals surface area (Å²) in [4.78, 5) is 12.6. The van der Waals surface area contributed by atoms with E-state index >= 15 is 0 Å². The zero-order chi connectivity index (χ0) is 26.1. The number of nitrogens with one attached hydrogen (secondary N) is 1. The van der Waals surface area contributed by atoms with Gasteiger partial charge in [0.25, 0.3) is 5.91 Å². The second-order valence-corrected chi connectivity index (χ2v) is 10.6. The molecule has 3 aromatic carbocycles. The van der Waals surface area contributed by atoms with E-state index in [1.54, 1.807) is 42.5 Å². The normalized spacial score (nSPS) is 11.6. The van der Waals surface area contributed by atoms with Crippen molar-refractivity contribution in [1.29, 1.82) is 0 Å². The van der Waals surface area contributed by atoms with Gasteiger partial charge in [-0.05, 0) is 71.8 Å². The Morgan fingerprint density at radius 3 is 2.31 bits per heavy atom. The molecule has 0 saturated carbocycles. The average molecular weight is 567 g/mol. The standard InChI is InChI=1S/C25H22Cl3N3O4S/c1-2-13-35-22-9-3-18(4-10-22)15-29-30-25(32)17-31(16-19-5-6-21(27)14-24(19)28)36(33,34)23-11-7-20(26)8-12-23/h2-12,14-15H,1,13,16-17H2,(H,30,32)/b29-15-. The molecule has 0 spiro atoms. The van der Waals surface area contributed by atoms with Gasteiger partial charge in [-0.2, -0.15) is 9.41 Å². The van der Waals surface area contributed by atoms with Gasteiger partial charge in [0.15, 0.2) is 0 Å². The number of carbonyl (C=O) groups is 1. The minimum absolute atomic E-state index is 0.0212. The highest BCUT2D eigenvalue weighted by Crippen LogP contribution is 2.25. The fourth-order valence-electron chi connectivity index (χ4n) is 3.00. The maximum Gasteiger partial charge on any atom is 0.255 e. The molecule has 0 heterocycles. The first kappa shape index (κ1) is 27.7. The lowest BCUT2D eigenvalue weighted by Crippen LogP contribution is -2.39. The lowest BCUT2D eigenvalue weighted by atomic mass is 10.2. The van der Waals surface area contributed by atoms with Gasteiger partial charge in [-0.25, -0.2) is 13.8 Å². The monoisotopic (exact) mass is 565 g/mol. The first-order valence-electron chi connectivity index (χ1n) is 10.5. The quantitative estimate of drug-likeness (QED) is 0.187. The summed E-state index contributed by atoms with van der Waals surface area (Å²) in [5.74, 6) is 0.0276. The van der Waals surface area contributed by atoms with Gasteiger partial charge in [0.2, 0.25) is 10.0 Å². The maximum absolute atomic E-state index is 13.3. The number of nitrogens with zero attached hydrogens (tertiary/aromatic N) is 2. The van der Waals surface area contributed by atoms with Crippen molar-refractivity contribution in [2.75, 3.05) is 13.2 Å². The Morgan fingerprint density at radius 1 is 1.00 bits per heavy atom. The van der Waals surface area contributed by atoms with Gasteiger partial charge >= 0.3 is 0 Å². The van der Waals surface area contributed by atoms with Crippen LogP contribution in [-0.4, -0.2) is 38.0 Å². The molecule has 0 aliphatic rings. The summed E-state index contributed by atoms with van der Waals surface area (Å²) in [6, 6.07) is 17.4. The summed E-state index contributed by atoms with van der Waals surface area (Å²) >= 11 is 18.1. The van der Waals surface area contributed by atoms with Crippen LogP contribution in [0.5, 0.6) is 5.75 Å². The Hall–Kier alpha value is -2.88. The molecular formula is C25H22Cl3N3O4S. The Kier molecular flexibility index (Phi) is 9.92. The molecule has 0 atom stereocenters. The van der Waals surface area contributed by atoms with E-state index < -0.39 is 22.5 Å². The molecule has 1 amide bonds. The van der Waals surface area contributed by atoms with E-state index in [2.05, 4.69) is 17.1 Å². The summed E-state index contributed by atoms with van der Waals surface area (Å²) < 4.78 is 33.1. The minimum atomic E-state index is -4.08. The van der Waals surface area contributed by atoms with E-state index in [-0.39, 0.29) is 16.5 Å². The van der Waals surface area contributed by atoms with Crippen LogP contribution in [0.15, 0.2) is 89.4 Å². The molecule has 0 unspecified atom stereocenters. The van der Waals surface area contributed by atoms with Gasteiger partial charge in [-0.3, -0.25) is 4.79 Å². The number of hydrogen-bond acceptors (Lipinski definition) is 5. The van der Waals surface area contributed by atoms with Crippen molar-refractivity contribution >= 4 is 56.9 Å². The van der Waals surface area contributed by atoms with E-state index in [0.29, 0.717) is 33.5 Å². The van der Waals surface area contributed by atoms with Crippen molar-refractivity contribution in [3.05, 3.63) is 106 Å². The first-order valence-corrected chi connectivity index (χ1v) is 13.1. The molecule has 0 aliphatic heterocycles. The fourth-order valence-corrected chi connectivity index (χ4v) is 4.97. The second-order valence-electron chi connectivity index (χ2n) is 7.42. The molecule has 36 heavy (non-hydrogen) atoms. The van der Waals surface area contributed by atoms with Crippen molar-refractivity contribution in [2.45, 2.75) is 11.4 Å². The number of halogens is 3. The third kappa shape index (κ3) is 7.81. The summed E-state index contributed by atoms with van der Waals surface area (Å²) in [6.45, 7) is 3.32. The lowest BCUT2D eigenvalue weighted by Gasteiger charge is -2.22. The van der Waals surface area contributed by atoms with E-state index in [0.717, 1.165) is 4.31 Å². The highest BCUT2D eigenvalue weighted by atomic mass is 35.5. The van der Waals surface area contributed by atoms with Crippen LogP contribution in [0.4, 0.5) is 0 Å². The number of ether oxygens (including phenoxy) is 1. The Labute approximate surface area is 225 Å². The molecule has 0 radical (unpaired) electrons. The van der Waals surface area contributed by atoms with Gasteiger partial charge in [0, 0.05) is 21.6 Å². The molecule has 188 valence electrons. The highest BCUT2D eigenvalue weighted by molar-refractivity contribution is 7.89. The Bertz CT molecular complexity index is 1350. The van der Waals surface area contributed by atoms with Crippen molar-refractivity contribution in [2.24, 2.45) is 5.10 Å². The zero-order valence-electron chi connectivity index (χ0n) is 18.9. The number of hydrazone groups is 1. The molecule has 0 saturated heterocycles. The van der Waals surface area contributed by atoms with Crippen molar-refractivity contribution < 1.29 is 17.9 Å². The predicted molar refractivity (Wildman–Crippen MR) is 143 cm³/mol. The third-order valence-corrected chi connectivity index (χ3v) is 7.43. The second kappa shape index (κ2) is 12.9. The van der Waals surface area contributed by atoms with Crippen LogP contribution < -0.4 is 10.2 Å². The molecule has 0 bridgehead atoms. The van der Waals surface area contributed by atoms with E-state index in [9.17, 15) is 13.2 Å². The van der Waals surface area contributed by atoms with Crippen LogP contribution >= 0.6 is 34.8 Å². The van der Waals surface area contributed by atoms with E-state index in [1.807, 2.05) is 0 Å². The fraction of sp³-hybridized carbons (Fsp3) is 0.120. The molecular weight excluding hydrogens is 545 g/mol. The van der Waals surface area contributed by atoms with Crippen LogP contribution in [-0.2, 0) is 21.4 Å². The number of benzene rings is 3. The van der Waals surface area contributed by atoms with Crippen molar-refractivity contribution in [3.63, 3.8) is 0 Å². The van der Waals surface area contributed by atoms with Gasteiger partial charge < -0.3 is 4.74 Å². The van der Waals surface area contributed by atoms with Crippen LogP contribution in [0.2, 0.25) is 15.1 Å². The highest BCUT2D eigenvalue weighted by Gasteiger charge is 2.27. The summed E-state index contributed by atoms with van der Waals surface area (Å²) in [7, 11) is -4.08. The molecule has 3 aromatic rings. The molecule has 7 nitrogen and oxygen atoms in total. The SMILES string of the molecule is C=CCOc1ccc(/C=N\NC(=O)CN(Cc2ccc(Cl)cc2Cl)S(=O)(=O)c2ccc(Cl)cc2)cc1.